The first-order valence-electron chi connectivity index (χ1n) is 10.1. The number of benzene rings is 1. The summed E-state index contributed by atoms with van der Waals surface area (Å²) in [6, 6.07) is 8.13. The van der Waals surface area contributed by atoms with Gasteiger partial charge in [-0.2, -0.15) is 0 Å². The molecule has 27 heavy (non-hydrogen) atoms. The van der Waals surface area contributed by atoms with Crippen molar-refractivity contribution in [2.45, 2.75) is 45.1 Å². The Bertz CT molecular complexity index is 679. The molecule has 3 rings (SSSR count). The molecule has 0 aliphatic carbocycles. The van der Waals surface area contributed by atoms with Crippen molar-refractivity contribution in [1.82, 2.24) is 15.5 Å². The minimum Gasteiger partial charge on any atom is -0.355 e. The van der Waals surface area contributed by atoms with Gasteiger partial charge in [-0.3, -0.25) is 14.7 Å². The molecule has 0 bridgehead atoms. The predicted molar refractivity (Wildman–Crippen MR) is 111 cm³/mol. The minimum absolute atomic E-state index is 0.0654. The molecule has 0 radical (unpaired) electrons. The molecule has 0 spiro atoms. The van der Waals surface area contributed by atoms with E-state index in [0.717, 1.165) is 38.3 Å². The molecule has 0 unspecified atom stereocenters. The van der Waals surface area contributed by atoms with E-state index in [9.17, 15) is 4.79 Å². The first-order valence-corrected chi connectivity index (χ1v) is 10.1. The second-order valence-corrected chi connectivity index (χ2v) is 8.06. The van der Waals surface area contributed by atoms with Gasteiger partial charge in [0.25, 0.3) is 0 Å². The molecule has 2 heterocycles. The highest BCUT2D eigenvalue weighted by atomic mass is 16.2. The highest BCUT2D eigenvalue weighted by Gasteiger charge is 2.28. The predicted octanol–water partition coefficient (Wildman–Crippen LogP) is 2.01. The monoisotopic (exact) mass is 371 g/mol. The Morgan fingerprint density at radius 1 is 1.11 bits per heavy atom. The van der Waals surface area contributed by atoms with Gasteiger partial charge in [-0.1, -0.05) is 24.6 Å². The number of hydrogen-bond donors (Lipinski definition) is 2. The van der Waals surface area contributed by atoms with E-state index in [1.165, 1.54) is 24.8 Å². The largest absolute Gasteiger partial charge is 0.355 e. The van der Waals surface area contributed by atoms with E-state index >= 15 is 0 Å². The van der Waals surface area contributed by atoms with Crippen LogP contribution in [-0.2, 0) is 11.2 Å². The standard InChI is InChI=1S/C21H33N5O/c1-21(2,25-12-7-4-8-13-25)16-24-20(22-3)23-15-19(27)26-14-11-17-9-5-6-10-18(17)26/h5-6,9-10H,4,7-8,11-16H2,1-3H3,(H2,22,23,24). The van der Waals surface area contributed by atoms with Crippen molar-refractivity contribution < 1.29 is 4.79 Å². The fourth-order valence-electron chi connectivity index (χ4n) is 3.98. The van der Waals surface area contributed by atoms with Gasteiger partial charge in [-0.05, 0) is 57.8 Å². The number of amides is 1. The summed E-state index contributed by atoms with van der Waals surface area (Å²) in [6.45, 7) is 8.66. The number of fused-ring (bicyclic) bond motifs is 1. The smallest absolute Gasteiger partial charge is 0.246 e. The van der Waals surface area contributed by atoms with E-state index < -0.39 is 0 Å². The van der Waals surface area contributed by atoms with E-state index in [1.807, 2.05) is 23.1 Å². The topological polar surface area (TPSA) is 60.0 Å². The van der Waals surface area contributed by atoms with Crippen molar-refractivity contribution in [2.24, 2.45) is 4.99 Å². The van der Waals surface area contributed by atoms with Crippen LogP contribution in [0.2, 0.25) is 0 Å². The van der Waals surface area contributed by atoms with Crippen molar-refractivity contribution in [3.8, 4) is 0 Å². The van der Waals surface area contributed by atoms with Crippen LogP contribution in [0.25, 0.3) is 0 Å². The molecule has 0 aromatic heterocycles. The first-order chi connectivity index (χ1) is 13.0. The van der Waals surface area contributed by atoms with Gasteiger partial charge in [0.05, 0.1) is 6.54 Å². The van der Waals surface area contributed by atoms with E-state index in [4.69, 9.17) is 0 Å². The Morgan fingerprint density at radius 2 is 1.85 bits per heavy atom. The molecule has 148 valence electrons. The molecule has 6 heteroatoms. The van der Waals surface area contributed by atoms with Crippen LogP contribution in [0.3, 0.4) is 0 Å². The number of aliphatic imine (C=N–C) groups is 1. The number of guanidine groups is 1. The molecule has 2 N–H and O–H groups in total. The third kappa shape index (κ3) is 4.80. The third-order valence-corrected chi connectivity index (χ3v) is 5.72. The average molecular weight is 372 g/mol. The summed E-state index contributed by atoms with van der Waals surface area (Å²) in [4.78, 5) is 21.3. The number of nitrogens with one attached hydrogen (secondary N) is 2. The lowest BCUT2D eigenvalue weighted by atomic mass is 9.98. The van der Waals surface area contributed by atoms with Crippen LogP contribution in [0.4, 0.5) is 5.69 Å². The summed E-state index contributed by atoms with van der Waals surface area (Å²) in [5.41, 5.74) is 2.35. The van der Waals surface area contributed by atoms with Crippen molar-refractivity contribution >= 4 is 17.6 Å². The van der Waals surface area contributed by atoms with E-state index in [1.54, 1.807) is 7.05 Å². The molecule has 1 saturated heterocycles. The van der Waals surface area contributed by atoms with Gasteiger partial charge in [-0.15, -0.1) is 0 Å². The van der Waals surface area contributed by atoms with E-state index in [2.05, 4.69) is 40.4 Å². The lowest BCUT2D eigenvalue weighted by Crippen LogP contribution is -2.55. The van der Waals surface area contributed by atoms with Gasteiger partial charge in [0.1, 0.15) is 0 Å². The maximum atomic E-state index is 12.6. The van der Waals surface area contributed by atoms with Crippen LogP contribution in [-0.4, -0.2) is 62.1 Å². The van der Waals surface area contributed by atoms with Gasteiger partial charge in [0.2, 0.25) is 5.91 Å². The highest BCUT2D eigenvalue weighted by Crippen LogP contribution is 2.27. The second kappa shape index (κ2) is 8.74. The van der Waals surface area contributed by atoms with Crippen LogP contribution >= 0.6 is 0 Å². The third-order valence-electron chi connectivity index (χ3n) is 5.72. The Kier molecular flexibility index (Phi) is 6.37. The molecule has 2 aliphatic rings. The number of anilines is 1. The van der Waals surface area contributed by atoms with Gasteiger partial charge in [0, 0.05) is 31.4 Å². The molecule has 1 aromatic carbocycles. The molecule has 6 nitrogen and oxygen atoms in total. The minimum atomic E-state index is 0.0654. The molecule has 2 aliphatic heterocycles. The molecule has 1 aromatic rings. The number of nitrogens with zero attached hydrogens (tertiary/aromatic N) is 3. The maximum absolute atomic E-state index is 12.6. The number of para-hydroxylation sites is 1. The van der Waals surface area contributed by atoms with Gasteiger partial charge >= 0.3 is 0 Å². The quantitative estimate of drug-likeness (QED) is 0.614. The summed E-state index contributed by atoms with van der Waals surface area (Å²) in [7, 11) is 1.75. The number of carbonyl (C=O) groups is 1. The summed E-state index contributed by atoms with van der Waals surface area (Å²) in [6.07, 6.45) is 4.83. The van der Waals surface area contributed by atoms with Crippen molar-refractivity contribution in [3.63, 3.8) is 0 Å². The van der Waals surface area contributed by atoms with Crippen LogP contribution in [0.5, 0.6) is 0 Å². The zero-order valence-electron chi connectivity index (χ0n) is 16.9. The number of carbonyl (C=O) groups excluding carboxylic acids is 1. The number of hydrogen-bond acceptors (Lipinski definition) is 3. The normalized spacial score (nSPS) is 18.3. The molecule has 1 amide bonds. The zero-order chi connectivity index (χ0) is 19.3. The molecule has 1 fully saturated rings. The Labute approximate surface area is 163 Å². The van der Waals surface area contributed by atoms with Gasteiger partial charge in [0.15, 0.2) is 5.96 Å². The number of likely N-dealkylation sites (tertiary alicyclic amines) is 1. The number of rotatable bonds is 5. The lowest BCUT2D eigenvalue weighted by molar-refractivity contribution is -0.117. The highest BCUT2D eigenvalue weighted by molar-refractivity contribution is 5.98. The van der Waals surface area contributed by atoms with Gasteiger partial charge < -0.3 is 15.5 Å². The van der Waals surface area contributed by atoms with Crippen LogP contribution < -0.4 is 15.5 Å². The Balaban J connectivity index is 1.49. The summed E-state index contributed by atoms with van der Waals surface area (Å²) in [5, 5.41) is 6.58. The SMILES string of the molecule is CN=C(NCC(=O)N1CCc2ccccc21)NCC(C)(C)N1CCCCC1. The van der Waals surface area contributed by atoms with Crippen LogP contribution in [0, 0.1) is 0 Å². The number of piperidine rings is 1. The average Bonchev–Trinajstić information content (AvgIpc) is 3.13. The summed E-state index contributed by atoms with van der Waals surface area (Å²) in [5.74, 6) is 0.763. The van der Waals surface area contributed by atoms with Crippen LogP contribution in [0.1, 0.15) is 38.7 Å². The molecular weight excluding hydrogens is 338 g/mol. The van der Waals surface area contributed by atoms with Crippen molar-refractivity contribution in [2.75, 3.05) is 44.7 Å². The summed E-state index contributed by atoms with van der Waals surface area (Å²) >= 11 is 0. The molecular formula is C21H33N5O. The first kappa shape index (κ1) is 19.7. The second-order valence-electron chi connectivity index (χ2n) is 8.06. The fourth-order valence-corrected chi connectivity index (χ4v) is 3.98. The van der Waals surface area contributed by atoms with Crippen LogP contribution in [0.15, 0.2) is 29.3 Å². The van der Waals surface area contributed by atoms with Gasteiger partial charge in [-0.25, -0.2) is 0 Å². The van der Waals surface area contributed by atoms with Crippen molar-refractivity contribution in [1.29, 1.82) is 0 Å². The lowest BCUT2D eigenvalue weighted by Gasteiger charge is -2.41. The molecule has 0 saturated carbocycles. The van der Waals surface area contributed by atoms with Crippen molar-refractivity contribution in [3.05, 3.63) is 29.8 Å². The van der Waals surface area contributed by atoms with E-state index in [0.29, 0.717) is 5.96 Å². The Hall–Kier alpha value is -2.08. The van der Waals surface area contributed by atoms with E-state index in [-0.39, 0.29) is 18.0 Å². The fraction of sp³-hybridized carbons (Fsp3) is 0.619. The Morgan fingerprint density at radius 3 is 2.59 bits per heavy atom. The molecule has 0 atom stereocenters. The zero-order valence-corrected chi connectivity index (χ0v) is 16.9. The summed E-state index contributed by atoms with van der Waals surface area (Å²) < 4.78 is 0. The maximum Gasteiger partial charge on any atom is 0.246 e.